The number of aliphatic hydroxyl groups excluding tert-OH is 1. The predicted molar refractivity (Wildman–Crippen MR) is 99.5 cm³/mol. The second-order valence-corrected chi connectivity index (χ2v) is 6.63. The molecule has 0 unspecified atom stereocenters. The first-order valence-electron chi connectivity index (χ1n) is 8.60. The highest BCUT2D eigenvalue weighted by Gasteiger charge is 2.36. The van der Waals surface area contributed by atoms with Crippen LogP contribution in [0.25, 0.3) is 11.4 Å². The van der Waals surface area contributed by atoms with Gasteiger partial charge in [0.25, 0.3) is 0 Å². The number of hydrogen-bond donors (Lipinski definition) is 2. The van der Waals surface area contributed by atoms with E-state index >= 15 is 0 Å². The molecule has 3 N–H and O–H groups in total. The lowest BCUT2D eigenvalue weighted by molar-refractivity contribution is -0.136. The summed E-state index contributed by atoms with van der Waals surface area (Å²) < 4.78 is 5.32. The Bertz CT molecular complexity index is 742. The van der Waals surface area contributed by atoms with Crippen LogP contribution in [0.2, 0.25) is 0 Å². The van der Waals surface area contributed by atoms with Crippen LogP contribution in [0.5, 0.6) is 0 Å². The average molecular weight is 381 g/mol. The van der Waals surface area contributed by atoms with Crippen LogP contribution in [0, 0.1) is 12.8 Å². The van der Waals surface area contributed by atoms with Crippen molar-refractivity contribution in [3.8, 4) is 11.4 Å². The van der Waals surface area contributed by atoms with Crippen LogP contribution < -0.4 is 5.73 Å². The number of rotatable bonds is 5. The first-order chi connectivity index (χ1) is 12.0. The van der Waals surface area contributed by atoms with Gasteiger partial charge in [0.15, 0.2) is 0 Å². The molecule has 1 aromatic heterocycles. The van der Waals surface area contributed by atoms with Crippen molar-refractivity contribution in [2.45, 2.75) is 45.4 Å². The molecule has 26 heavy (non-hydrogen) atoms. The van der Waals surface area contributed by atoms with Gasteiger partial charge >= 0.3 is 0 Å². The van der Waals surface area contributed by atoms with Gasteiger partial charge in [-0.2, -0.15) is 4.98 Å². The molecule has 1 saturated carbocycles. The van der Waals surface area contributed by atoms with Crippen LogP contribution in [-0.4, -0.2) is 44.7 Å². The first-order valence-corrected chi connectivity index (χ1v) is 8.60. The van der Waals surface area contributed by atoms with Crippen molar-refractivity contribution in [3.05, 3.63) is 35.7 Å². The van der Waals surface area contributed by atoms with E-state index in [0.717, 1.165) is 11.1 Å². The summed E-state index contributed by atoms with van der Waals surface area (Å²) in [6.45, 7) is 4.70. The molecule has 3 atom stereocenters. The molecule has 1 aromatic carbocycles. The van der Waals surface area contributed by atoms with E-state index in [1.807, 2.05) is 38.1 Å². The summed E-state index contributed by atoms with van der Waals surface area (Å²) in [6.07, 6.45) is 0.313. The van der Waals surface area contributed by atoms with Crippen LogP contribution in [0.15, 0.2) is 28.8 Å². The molecule has 3 rings (SSSR count). The minimum atomic E-state index is -0.607. The number of carbonyl (C=O) groups is 1. The second-order valence-electron chi connectivity index (χ2n) is 6.63. The van der Waals surface area contributed by atoms with Gasteiger partial charge in [-0.3, -0.25) is 4.79 Å². The molecule has 2 aromatic rings. The minimum Gasteiger partial charge on any atom is -0.391 e. The SMILES string of the molecule is CCN(Cc1nc(-c2cccc(C)c2)no1)C(=O)[C@H]1C[C@@H](N)[C@H](O)C1.Cl. The van der Waals surface area contributed by atoms with E-state index in [9.17, 15) is 9.90 Å². The smallest absolute Gasteiger partial charge is 0.246 e. The summed E-state index contributed by atoms with van der Waals surface area (Å²) in [5.74, 6) is 0.643. The van der Waals surface area contributed by atoms with Gasteiger partial charge in [0.1, 0.15) is 0 Å². The van der Waals surface area contributed by atoms with Crippen molar-refractivity contribution in [3.63, 3.8) is 0 Å². The van der Waals surface area contributed by atoms with Gasteiger partial charge in [-0.15, -0.1) is 12.4 Å². The normalized spacial score (nSPS) is 22.1. The second kappa shape index (κ2) is 8.62. The van der Waals surface area contributed by atoms with E-state index < -0.39 is 6.10 Å². The fraction of sp³-hybridized carbons (Fsp3) is 0.500. The Morgan fingerprint density at radius 3 is 2.81 bits per heavy atom. The van der Waals surface area contributed by atoms with Crippen LogP contribution in [-0.2, 0) is 11.3 Å². The van der Waals surface area contributed by atoms with Crippen LogP contribution >= 0.6 is 12.4 Å². The molecule has 0 saturated heterocycles. The van der Waals surface area contributed by atoms with Gasteiger partial charge < -0.3 is 20.3 Å². The van der Waals surface area contributed by atoms with Gasteiger partial charge in [-0.25, -0.2) is 0 Å². The Morgan fingerprint density at radius 1 is 1.42 bits per heavy atom. The summed E-state index contributed by atoms with van der Waals surface area (Å²) in [6, 6.07) is 7.52. The fourth-order valence-electron chi connectivity index (χ4n) is 3.24. The summed E-state index contributed by atoms with van der Waals surface area (Å²) in [4.78, 5) is 18.7. The van der Waals surface area contributed by atoms with Crippen molar-refractivity contribution >= 4 is 18.3 Å². The van der Waals surface area contributed by atoms with Gasteiger partial charge in [-0.05, 0) is 32.8 Å². The van der Waals surface area contributed by atoms with E-state index in [1.54, 1.807) is 4.90 Å². The maximum absolute atomic E-state index is 12.7. The molecular weight excluding hydrogens is 356 g/mol. The summed E-state index contributed by atoms with van der Waals surface area (Å²) in [5.41, 5.74) is 7.82. The standard InChI is InChI=1S/C18H24N4O3.ClH/c1-3-22(18(24)13-8-14(19)15(23)9-13)10-16-20-17(21-25-16)12-6-4-5-11(2)7-12;/h4-7,13-15,23H,3,8-10,19H2,1-2H3;1H/t13-,14+,15+;/m0./s1. The van der Waals surface area contributed by atoms with Crippen LogP contribution in [0.4, 0.5) is 0 Å². The third-order valence-corrected chi connectivity index (χ3v) is 4.69. The summed E-state index contributed by atoms with van der Waals surface area (Å²) in [5, 5.41) is 13.8. The van der Waals surface area contributed by atoms with Crippen molar-refractivity contribution in [2.24, 2.45) is 11.7 Å². The Morgan fingerprint density at radius 2 is 2.19 bits per heavy atom. The minimum absolute atomic E-state index is 0. The highest BCUT2D eigenvalue weighted by molar-refractivity contribution is 5.85. The van der Waals surface area contributed by atoms with Gasteiger partial charge in [0.05, 0.1) is 12.6 Å². The Labute approximate surface area is 159 Å². The molecule has 142 valence electrons. The zero-order chi connectivity index (χ0) is 18.0. The van der Waals surface area contributed by atoms with Crippen molar-refractivity contribution in [1.29, 1.82) is 0 Å². The molecule has 0 spiro atoms. The number of aryl methyl sites for hydroxylation is 1. The summed E-state index contributed by atoms with van der Waals surface area (Å²) in [7, 11) is 0. The predicted octanol–water partition coefficient (Wildman–Crippen LogP) is 1.91. The fourth-order valence-corrected chi connectivity index (χ4v) is 3.24. The number of halogens is 1. The maximum Gasteiger partial charge on any atom is 0.246 e. The Balaban J connectivity index is 0.00000243. The van der Waals surface area contributed by atoms with E-state index in [2.05, 4.69) is 10.1 Å². The van der Waals surface area contributed by atoms with E-state index in [4.69, 9.17) is 10.3 Å². The molecule has 1 aliphatic rings. The topological polar surface area (TPSA) is 105 Å². The molecule has 1 fully saturated rings. The number of hydrogen-bond acceptors (Lipinski definition) is 6. The molecule has 1 amide bonds. The first kappa shape index (κ1) is 20.4. The Hall–Kier alpha value is -1.96. The lowest BCUT2D eigenvalue weighted by Gasteiger charge is -2.22. The molecule has 1 heterocycles. The van der Waals surface area contributed by atoms with Crippen LogP contribution in [0.1, 0.15) is 31.2 Å². The average Bonchev–Trinajstić information content (AvgIpc) is 3.19. The monoisotopic (exact) mass is 380 g/mol. The number of amides is 1. The third kappa shape index (κ3) is 4.41. The van der Waals surface area contributed by atoms with Gasteiger partial charge in [0, 0.05) is 24.1 Å². The number of nitrogens with zero attached hydrogens (tertiary/aromatic N) is 3. The van der Waals surface area contributed by atoms with E-state index in [0.29, 0.717) is 31.1 Å². The van der Waals surface area contributed by atoms with E-state index in [1.165, 1.54) is 0 Å². The number of carbonyl (C=O) groups excluding carboxylic acids is 1. The number of benzene rings is 1. The van der Waals surface area contributed by atoms with Crippen molar-refractivity contribution in [1.82, 2.24) is 15.0 Å². The van der Waals surface area contributed by atoms with Gasteiger partial charge in [0.2, 0.25) is 17.6 Å². The van der Waals surface area contributed by atoms with E-state index in [-0.39, 0.29) is 36.8 Å². The molecule has 8 heteroatoms. The molecule has 0 radical (unpaired) electrons. The number of aromatic nitrogens is 2. The molecular formula is C18H25ClN4O3. The van der Waals surface area contributed by atoms with Crippen LogP contribution in [0.3, 0.4) is 0 Å². The van der Waals surface area contributed by atoms with Crippen molar-refractivity contribution < 1.29 is 14.4 Å². The number of nitrogens with two attached hydrogens (primary N) is 1. The van der Waals surface area contributed by atoms with Gasteiger partial charge in [-0.1, -0.05) is 28.9 Å². The maximum atomic E-state index is 12.7. The zero-order valence-electron chi connectivity index (χ0n) is 15.0. The number of aliphatic hydroxyl groups is 1. The summed E-state index contributed by atoms with van der Waals surface area (Å²) >= 11 is 0. The Kier molecular flexibility index (Phi) is 6.75. The molecule has 7 nitrogen and oxygen atoms in total. The zero-order valence-corrected chi connectivity index (χ0v) is 15.8. The lowest BCUT2D eigenvalue weighted by Crippen LogP contribution is -2.35. The highest BCUT2D eigenvalue weighted by atomic mass is 35.5. The lowest BCUT2D eigenvalue weighted by atomic mass is 10.1. The molecule has 0 aliphatic heterocycles. The molecule has 0 bridgehead atoms. The van der Waals surface area contributed by atoms with Crippen molar-refractivity contribution in [2.75, 3.05) is 6.54 Å². The third-order valence-electron chi connectivity index (χ3n) is 4.69. The largest absolute Gasteiger partial charge is 0.391 e. The quantitative estimate of drug-likeness (QED) is 0.820. The molecule has 1 aliphatic carbocycles. The highest BCUT2D eigenvalue weighted by Crippen LogP contribution is 2.27.